The van der Waals surface area contributed by atoms with Crippen molar-refractivity contribution in [2.24, 2.45) is 5.92 Å². The van der Waals surface area contributed by atoms with Gasteiger partial charge in [0.1, 0.15) is 4.88 Å². The van der Waals surface area contributed by atoms with E-state index in [1.54, 1.807) is 17.0 Å². The molecule has 0 radical (unpaired) electrons. The second kappa shape index (κ2) is 10.7. The lowest BCUT2D eigenvalue weighted by molar-refractivity contribution is -0.127. The Morgan fingerprint density at radius 2 is 2.18 bits per heavy atom. The normalized spacial score (nSPS) is 18.3. The zero-order valence-corrected chi connectivity index (χ0v) is 17.0. The standard InChI is InChI=1S/C22H25NO4S/c1-3-4-5-7-16(2)19(24)12-9-17-10-14-21(25)23(17)15-6-8-18-11-13-20(28-18)22(26)27/h9,11-13,16-17,19,24H,3,7,10,14-15H2,1-2H3,(H,26,27)/t16?,17-,19+/m0/s1. The van der Waals surface area contributed by atoms with Gasteiger partial charge >= 0.3 is 5.97 Å². The van der Waals surface area contributed by atoms with Crippen LogP contribution < -0.4 is 0 Å². The smallest absolute Gasteiger partial charge is 0.345 e. The van der Waals surface area contributed by atoms with Gasteiger partial charge in [0.15, 0.2) is 0 Å². The van der Waals surface area contributed by atoms with Crippen molar-refractivity contribution in [3.8, 4) is 23.7 Å². The van der Waals surface area contributed by atoms with E-state index in [0.29, 0.717) is 24.1 Å². The van der Waals surface area contributed by atoms with Gasteiger partial charge in [0.05, 0.1) is 23.6 Å². The quantitative estimate of drug-likeness (QED) is 0.569. The van der Waals surface area contributed by atoms with Gasteiger partial charge in [0, 0.05) is 19.3 Å². The Morgan fingerprint density at radius 1 is 1.39 bits per heavy atom. The number of nitrogens with zero attached hydrogens (tertiary/aromatic N) is 1. The molecule has 2 N–H and O–H groups in total. The van der Waals surface area contributed by atoms with Gasteiger partial charge in [-0.1, -0.05) is 37.8 Å². The van der Waals surface area contributed by atoms with Crippen LogP contribution in [0.5, 0.6) is 0 Å². The van der Waals surface area contributed by atoms with E-state index in [1.807, 2.05) is 19.9 Å². The number of carboxylic acids is 1. The fourth-order valence-electron chi connectivity index (χ4n) is 2.80. The third-order valence-electron chi connectivity index (χ3n) is 4.49. The van der Waals surface area contributed by atoms with E-state index in [1.165, 1.54) is 6.07 Å². The highest BCUT2D eigenvalue weighted by atomic mass is 32.1. The molecular weight excluding hydrogens is 374 g/mol. The maximum absolute atomic E-state index is 12.1. The fourth-order valence-corrected chi connectivity index (χ4v) is 3.52. The second-order valence-corrected chi connectivity index (χ2v) is 7.75. The first-order valence-electron chi connectivity index (χ1n) is 9.36. The average molecular weight is 400 g/mol. The van der Waals surface area contributed by atoms with Gasteiger partial charge in [-0.05, 0) is 24.5 Å². The number of amides is 1. The van der Waals surface area contributed by atoms with Gasteiger partial charge in [0.2, 0.25) is 5.91 Å². The minimum Gasteiger partial charge on any atom is -0.477 e. The number of aliphatic hydroxyl groups excluding tert-OH is 1. The number of aromatic carboxylic acids is 1. The summed E-state index contributed by atoms with van der Waals surface area (Å²) in [6.45, 7) is 4.22. The Morgan fingerprint density at radius 3 is 2.86 bits per heavy atom. The van der Waals surface area contributed by atoms with Crippen LogP contribution in [0.25, 0.3) is 0 Å². The first-order chi connectivity index (χ1) is 13.4. The summed E-state index contributed by atoms with van der Waals surface area (Å²) in [6.07, 6.45) is 5.65. The number of thiophene rings is 1. The highest BCUT2D eigenvalue weighted by Crippen LogP contribution is 2.21. The number of rotatable bonds is 6. The molecule has 1 saturated heterocycles. The van der Waals surface area contributed by atoms with Crippen molar-refractivity contribution in [3.63, 3.8) is 0 Å². The lowest BCUT2D eigenvalue weighted by atomic mass is 10.00. The molecule has 28 heavy (non-hydrogen) atoms. The molecule has 148 valence electrons. The molecule has 0 aliphatic carbocycles. The molecule has 1 aromatic heterocycles. The van der Waals surface area contributed by atoms with Crippen LogP contribution in [0.4, 0.5) is 0 Å². The van der Waals surface area contributed by atoms with Gasteiger partial charge in [-0.2, -0.15) is 0 Å². The molecule has 1 aliphatic rings. The molecule has 6 heteroatoms. The SMILES string of the molecule is CCC#CCC(C)[C@H](O)C=C[C@H]1CCC(=O)N1CC#Cc1ccc(C(=O)O)s1. The van der Waals surface area contributed by atoms with E-state index in [4.69, 9.17) is 5.11 Å². The van der Waals surface area contributed by atoms with Crippen LogP contribution in [0.15, 0.2) is 24.3 Å². The van der Waals surface area contributed by atoms with E-state index in [0.717, 1.165) is 17.8 Å². The molecule has 1 amide bonds. The molecule has 3 atom stereocenters. The first kappa shape index (κ1) is 21.8. The van der Waals surface area contributed by atoms with Crippen molar-refractivity contribution < 1.29 is 19.8 Å². The summed E-state index contributed by atoms with van der Waals surface area (Å²) in [6, 6.07) is 3.11. The van der Waals surface area contributed by atoms with Crippen molar-refractivity contribution in [1.29, 1.82) is 0 Å². The third-order valence-corrected chi connectivity index (χ3v) is 5.48. The van der Waals surface area contributed by atoms with Gasteiger partial charge < -0.3 is 15.1 Å². The second-order valence-electron chi connectivity index (χ2n) is 6.66. The predicted octanol–water partition coefficient (Wildman–Crippen LogP) is 3.15. The van der Waals surface area contributed by atoms with Crippen LogP contribution >= 0.6 is 11.3 Å². The molecule has 0 saturated carbocycles. The van der Waals surface area contributed by atoms with Crippen molar-refractivity contribution in [2.75, 3.05) is 6.54 Å². The highest BCUT2D eigenvalue weighted by molar-refractivity contribution is 7.14. The molecule has 1 fully saturated rings. The van der Waals surface area contributed by atoms with Crippen LogP contribution in [0.3, 0.4) is 0 Å². The molecule has 0 bridgehead atoms. The number of carboxylic acid groups (broad SMARTS) is 1. The number of aliphatic hydroxyl groups is 1. The maximum atomic E-state index is 12.1. The fraction of sp³-hybridized carbons (Fsp3) is 0.455. The Hall–Kier alpha value is -2.54. The summed E-state index contributed by atoms with van der Waals surface area (Å²) >= 11 is 1.12. The largest absolute Gasteiger partial charge is 0.477 e. The van der Waals surface area contributed by atoms with E-state index >= 15 is 0 Å². The van der Waals surface area contributed by atoms with E-state index in [9.17, 15) is 14.7 Å². The minimum atomic E-state index is -0.966. The molecule has 5 nitrogen and oxygen atoms in total. The average Bonchev–Trinajstić information content (AvgIpc) is 3.27. The highest BCUT2D eigenvalue weighted by Gasteiger charge is 2.28. The van der Waals surface area contributed by atoms with Gasteiger partial charge in [-0.15, -0.1) is 23.2 Å². The van der Waals surface area contributed by atoms with Crippen LogP contribution in [0.2, 0.25) is 0 Å². The van der Waals surface area contributed by atoms with Gasteiger partial charge in [-0.3, -0.25) is 4.79 Å². The molecule has 1 unspecified atom stereocenters. The van der Waals surface area contributed by atoms with E-state index in [2.05, 4.69) is 23.7 Å². The van der Waals surface area contributed by atoms with Crippen LogP contribution in [-0.4, -0.2) is 45.7 Å². The Labute approximate surface area is 170 Å². The van der Waals surface area contributed by atoms with Gasteiger partial charge in [-0.25, -0.2) is 4.79 Å². The summed E-state index contributed by atoms with van der Waals surface area (Å²) in [7, 11) is 0. The molecular formula is C22H25NO4S. The first-order valence-corrected chi connectivity index (χ1v) is 10.2. The summed E-state index contributed by atoms with van der Waals surface area (Å²) in [4.78, 5) is 25.7. The third kappa shape index (κ3) is 6.27. The number of hydrogen-bond acceptors (Lipinski definition) is 4. The zero-order valence-electron chi connectivity index (χ0n) is 16.1. The van der Waals surface area contributed by atoms with Crippen LogP contribution in [0, 0.1) is 29.6 Å². The molecule has 1 aliphatic heterocycles. The zero-order chi connectivity index (χ0) is 20.5. The van der Waals surface area contributed by atoms with Gasteiger partial charge in [0.25, 0.3) is 0 Å². The van der Waals surface area contributed by atoms with Crippen molar-refractivity contribution >= 4 is 23.2 Å². The number of hydrogen-bond donors (Lipinski definition) is 2. The molecule has 0 spiro atoms. The monoisotopic (exact) mass is 399 g/mol. The molecule has 2 heterocycles. The Kier molecular flexibility index (Phi) is 8.32. The van der Waals surface area contributed by atoms with E-state index < -0.39 is 12.1 Å². The topological polar surface area (TPSA) is 77.8 Å². The summed E-state index contributed by atoms with van der Waals surface area (Å²) in [5, 5.41) is 19.2. The lowest BCUT2D eigenvalue weighted by Crippen LogP contribution is -2.32. The summed E-state index contributed by atoms with van der Waals surface area (Å²) < 4.78 is 0. The van der Waals surface area contributed by atoms with Crippen LogP contribution in [0.1, 0.15) is 54.1 Å². The summed E-state index contributed by atoms with van der Waals surface area (Å²) in [5.74, 6) is 11.0. The molecule has 0 aromatic carbocycles. The van der Waals surface area contributed by atoms with Crippen molar-refractivity contribution in [2.45, 2.75) is 51.7 Å². The predicted molar refractivity (Wildman–Crippen MR) is 110 cm³/mol. The minimum absolute atomic E-state index is 0.0305. The van der Waals surface area contributed by atoms with Crippen molar-refractivity contribution in [3.05, 3.63) is 34.0 Å². The van der Waals surface area contributed by atoms with Crippen molar-refractivity contribution in [1.82, 2.24) is 4.90 Å². The molecule has 1 aromatic rings. The summed E-state index contributed by atoms with van der Waals surface area (Å²) in [5.41, 5.74) is 0. The Bertz CT molecular complexity index is 849. The Balaban J connectivity index is 1.95. The number of carbonyl (C=O) groups excluding carboxylic acids is 1. The molecule has 2 rings (SSSR count). The maximum Gasteiger partial charge on any atom is 0.345 e. The van der Waals surface area contributed by atoms with E-state index in [-0.39, 0.29) is 29.3 Å². The lowest BCUT2D eigenvalue weighted by Gasteiger charge is -2.20. The number of carbonyl (C=O) groups is 2. The van der Waals surface area contributed by atoms with Crippen LogP contribution in [-0.2, 0) is 4.79 Å². The number of likely N-dealkylation sites (tertiary alicyclic amines) is 1.